The summed E-state index contributed by atoms with van der Waals surface area (Å²) in [4.78, 5) is 18.6. The highest BCUT2D eigenvalue weighted by molar-refractivity contribution is 7.98. The lowest BCUT2D eigenvalue weighted by Crippen LogP contribution is -2.50. The summed E-state index contributed by atoms with van der Waals surface area (Å²) in [5.74, 6) is 2.36. The number of benzene rings is 2. The molecule has 0 radical (unpaired) electrons. The Morgan fingerprint density at radius 3 is 2.61 bits per heavy atom. The summed E-state index contributed by atoms with van der Waals surface area (Å²) in [5, 5.41) is 7.83. The maximum absolute atomic E-state index is 13.2. The van der Waals surface area contributed by atoms with Gasteiger partial charge in [0.05, 0.1) is 11.4 Å². The Kier molecular flexibility index (Phi) is 8.23. The van der Waals surface area contributed by atoms with Crippen LogP contribution in [0.2, 0.25) is 0 Å². The first-order valence-corrected chi connectivity index (χ1v) is 13.7. The second-order valence-electron chi connectivity index (χ2n) is 9.65. The van der Waals surface area contributed by atoms with Crippen molar-refractivity contribution in [1.29, 1.82) is 0 Å². The molecule has 2 aromatic carbocycles. The normalized spacial score (nSPS) is 20.5. The van der Waals surface area contributed by atoms with Crippen LogP contribution in [-0.2, 0) is 17.0 Å². The van der Waals surface area contributed by atoms with E-state index in [0.29, 0.717) is 31.3 Å². The molecule has 2 saturated heterocycles. The number of hydrogen-bond donors (Lipinski definition) is 1. The van der Waals surface area contributed by atoms with Gasteiger partial charge in [0.2, 0.25) is 5.91 Å². The SMILES string of the molecule is O=C(C[C@@H]1CCNC[C@@H]1Cc1cc(CSc2ccccc2)on1)N1CCN(c2ccc(F)cc2)CC1. The second-order valence-corrected chi connectivity index (χ2v) is 10.7. The molecule has 0 spiro atoms. The van der Waals surface area contributed by atoms with Crippen LogP contribution in [0.3, 0.4) is 0 Å². The topological polar surface area (TPSA) is 61.6 Å². The van der Waals surface area contributed by atoms with E-state index in [1.165, 1.54) is 17.0 Å². The van der Waals surface area contributed by atoms with E-state index in [4.69, 9.17) is 4.52 Å². The van der Waals surface area contributed by atoms with Crippen molar-refractivity contribution in [3.05, 3.63) is 77.9 Å². The molecule has 0 bridgehead atoms. The van der Waals surface area contributed by atoms with Crippen molar-refractivity contribution in [3.8, 4) is 0 Å². The number of piperazine rings is 1. The summed E-state index contributed by atoms with van der Waals surface area (Å²) in [7, 11) is 0. The molecule has 1 amide bonds. The maximum atomic E-state index is 13.2. The zero-order valence-electron chi connectivity index (χ0n) is 20.4. The Labute approximate surface area is 216 Å². The van der Waals surface area contributed by atoms with Gasteiger partial charge in [-0.25, -0.2) is 4.39 Å². The zero-order valence-corrected chi connectivity index (χ0v) is 21.3. The average Bonchev–Trinajstić information content (AvgIpc) is 3.37. The smallest absolute Gasteiger partial charge is 0.222 e. The largest absolute Gasteiger partial charge is 0.368 e. The Morgan fingerprint density at radius 2 is 1.83 bits per heavy atom. The van der Waals surface area contributed by atoms with Crippen LogP contribution in [0.1, 0.15) is 24.3 Å². The summed E-state index contributed by atoms with van der Waals surface area (Å²) >= 11 is 1.74. The Balaban J connectivity index is 1.11. The van der Waals surface area contributed by atoms with Crippen LogP contribution in [-0.4, -0.2) is 55.2 Å². The van der Waals surface area contributed by atoms with Gasteiger partial charge in [-0.2, -0.15) is 0 Å². The Morgan fingerprint density at radius 1 is 1.06 bits per heavy atom. The van der Waals surface area contributed by atoms with Gasteiger partial charge in [0.1, 0.15) is 11.6 Å². The molecule has 1 aromatic heterocycles. The number of hydrogen-bond acceptors (Lipinski definition) is 6. The van der Waals surface area contributed by atoms with Crippen molar-refractivity contribution in [3.63, 3.8) is 0 Å². The quantitative estimate of drug-likeness (QED) is 0.449. The predicted octanol–water partition coefficient (Wildman–Crippen LogP) is 4.61. The molecule has 2 atom stereocenters. The summed E-state index contributed by atoms with van der Waals surface area (Å²) < 4.78 is 18.8. The lowest BCUT2D eigenvalue weighted by molar-refractivity contribution is -0.133. The minimum Gasteiger partial charge on any atom is -0.368 e. The standard InChI is InChI=1S/C28H33FN4O2S/c29-23-6-8-25(9-7-23)32-12-14-33(15-13-32)28(34)17-21-10-11-30-19-22(21)16-24-18-26(35-31-24)20-36-27-4-2-1-3-5-27/h1-9,18,21-22,30H,10-17,19-20H2/t21-,22-/m0/s1. The van der Waals surface area contributed by atoms with Crippen molar-refractivity contribution < 1.29 is 13.7 Å². The fraction of sp³-hybridized carbons (Fsp3) is 0.429. The molecule has 2 fully saturated rings. The Hall–Kier alpha value is -2.84. The van der Waals surface area contributed by atoms with E-state index in [1.807, 2.05) is 35.2 Å². The number of aromatic nitrogens is 1. The molecule has 2 aliphatic heterocycles. The van der Waals surface area contributed by atoms with Gasteiger partial charge in [0.15, 0.2) is 0 Å². The van der Waals surface area contributed by atoms with Gasteiger partial charge in [0.25, 0.3) is 0 Å². The number of piperidine rings is 1. The molecule has 2 aliphatic rings. The fourth-order valence-electron chi connectivity index (χ4n) is 5.16. The van der Waals surface area contributed by atoms with Crippen molar-refractivity contribution in [1.82, 2.24) is 15.4 Å². The molecule has 0 aliphatic carbocycles. The zero-order chi connectivity index (χ0) is 24.7. The van der Waals surface area contributed by atoms with Crippen LogP contribution in [0.5, 0.6) is 0 Å². The van der Waals surface area contributed by atoms with Crippen LogP contribution < -0.4 is 10.2 Å². The van der Waals surface area contributed by atoms with Crippen LogP contribution in [0.15, 0.2) is 70.1 Å². The molecule has 190 valence electrons. The molecular formula is C28H33FN4O2S. The van der Waals surface area contributed by atoms with Gasteiger partial charge < -0.3 is 19.6 Å². The Bertz CT molecular complexity index is 1120. The molecule has 0 unspecified atom stereocenters. The van der Waals surface area contributed by atoms with E-state index in [9.17, 15) is 9.18 Å². The highest BCUT2D eigenvalue weighted by atomic mass is 32.2. The van der Waals surface area contributed by atoms with E-state index in [1.54, 1.807) is 11.8 Å². The predicted molar refractivity (Wildman–Crippen MR) is 140 cm³/mol. The fourth-order valence-corrected chi connectivity index (χ4v) is 5.96. The van der Waals surface area contributed by atoms with E-state index in [-0.39, 0.29) is 11.7 Å². The first-order chi connectivity index (χ1) is 17.6. The second kappa shape index (κ2) is 11.9. The summed E-state index contributed by atoms with van der Waals surface area (Å²) in [6, 6.07) is 19.0. The number of carbonyl (C=O) groups is 1. The monoisotopic (exact) mass is 508 g/mol. The summed E-state index contributed by atoms with van der Waals surface area (Å²) in [6.07, 6.45) is 2.40. The number of anilines is 1. The molecule has 5 rings (SSSR count). The number of halogens is 1. The van der Waals surface area contributed by atoms with Crippen LogP contribution >= 0.6 is 11.8 Å². The van der Waals surface area contributed by atoms with Crippen molar-refractivity contribution in [2.24, 2.45) is 11.8 Å². The van der Waals surface area contributed by atoms with Gasteiger partial charge in [-0.1, -0.05) is 23.4 Å². The van der Waals surface area contributed by atoms with Crippen LogP contribution in [0.4, 0.5) is 10.1 Å². The molecule has 8 heteroatoms. The lowest BCUT2D eigenvalue weighted by Gasteiger charge is -2.38. The number of nitrogens with zero attached hydrogens (tertiary/aromatic N) is 3. The van der Waals surface area contributed by atoms with Crippen molar-refractivity contribution >= 4 is 23.4 Å². The van der Waals surface area contributed by atoms with Gasteiger partial charge in [-0.3, -0.25) is 4.79 Å². The molecule has 6 nitrogen and oxygen atoms in total. The third kappa shape index (κ3) is 6.48. The number of nitrogens with one attached hydrogen (secondary N) is 1. The first-order valence-electron chi connectivity index (χ1n) is 12.8. The van der Waals surface area contributed by atoms with Crippen LogP contribution in [0.25, 0.3) is 0 Å². The van der Waals surface area contributed by atoms with E-state index < -0.39 is 0 Å². The van der Waals surface area contributed by atoms with Gasteiger partial charge in [-0.05, 0) is 74.2 Å². The highest BCUT2D eigenvalue weighted by Crippen LogP contribution is 2.29. The minimum atomic E-state index is -0.225. The summed E-state index contributed by atoms with van der Waals surface area (Å²) in [5.41, 5.74) is 1.98. The number of rotatable bonds is 8. The third-order valence-electron chi connectivity index (χ3n) is 7.23. The number of thioether (sulfide) groups is 1. The number of carbonyl (C=O) groups excluding carboxylic acids is 1. The third-order valence-corrected chi connectivity index (χ3v) is 8.26. The molecule has 1 N–H and O–H groups in total. The lowest BCUT2D eigenvalue weighted by atomic mass is 9.81. The maximum Gasteiger partial charge on any atom is 0.222 e. The van der Waals surface area contributed by atoms with Gasteiger partial charge in [-0.15, -0.1) is 11.8 Å². The molecule has 36 heavy (non-hydrogen) atoms. The van der Waals surface area contributed by atoms with E-state index >= 15 is 0 Å². The summed E-state index contributed by atoms with van der Waals surface area (Å²) in [6.45, 7) is 4.81. The molecule has 3 aromatic rings. The van der Waals surface area contributed by atoms with Crippen molar-refractivity contribution in [2.75, 3.05) is 44.2 Å². The molecular weight excluding hydrogens is 475 g/mol. The van der Waals surface area contributed by atoms with E-state index in [2.05, 4.69) is 33.6 Å². The average molecular weight is 509 g/mol. The van der Waals surface area contributed by atoms with E-state index in [0.717, 1.165) is 61.9 Å². The first kappa shape index (κ1) is 24.8. The molecule has 3 heterocycles. The van der Waals surface area contributed by atoms with Gasteiger partial charge in [0, 0.05) is 49.2 Å². The minimum absolute atomic E-state index is 0.225. The molecule has 0 saturated carbocycles. The van der Waals surface area contributed by atoms with Crippen LogP contribution in [0, 0.1) is 17.7 Å². The van der Waals surface area contributed by atoms with Crippen molar-refractivity contribution in [2.45, 2.75) is 29.9 Å². The van der Waals surface area contributed by atoms with Gasteiger partial charge >= 0.3 is 0 Å². The number of amides is 1. The highest BCUT2D eigenvalue weighted by Gasteiger charge is 2.30.